The maximum Gasteiger partial charge on any atom is 0.311 e. The van der Waals surface area contributed by atoms with Gasteiger partial charge in [-0.25, -0.2) is 9.37 Å². The number of halogens is 1. The number of nitrogens with zero attached hydrogens (tertiary/aromatic N) is 4. The highest BCUT2D eigenvalue weighted by Gasteiger charge is 2.26. The lowest BCUT2D eigenvalue weighted by Gasteiger charge is -2.34. The Bertz CT molecular complexity index is 918. The SMILES string of the molecule is NC1CCN(c2ccc([N+](=O)[O-])c(Nc3ccc(N4CCC(N)C(F)C4)cc3)n2)CC1. The van der Waals surface area contributed by atoms with Crippen molar-refractivity contribution in [1.82, 2.24) is 4.98 Å². The van der Waals surface area contributed by atoms with E-state index in [1.165, 1.54) is 6.07 Å². The molecule has 2 saturated heterocycles. The van der Waals surface area contributed by atoms with E-state index in [-0.39, 0.29) is 24.1 Å². The van der Waals surface area contributed by atoms with E-state index in [2.05, 4.69) is 15.2 Å². The molecule has 2 aliphatic rings. The predicted octanol–water partition coefficient (Wildman–Crippen LogP) is 2.54. The summed E-state index contributed by atoms with van der Waals surface area (Å²) in [5.41, 5.74) is 13.2. The number of benzene rings is 1. The van der Waals surface area contributed by atoms with Gasteiger partial charge in [-0.2, -0.15) is 0 Å². The zero-order valence-corrected chi connectivity index (χ0v) is 17.3. The van der Waals surface area contributed by atoms with Gasteiger partial charge in [0, 0.05) is 49.2 Å². The number of nitrogens with one attached hydrogen (secondary N) is 1. The van der Waals surface area contributed by atoms with Gasteiger partial charge in [-0.1, -0.05) is 0 Å². The minimum Gasteiger partial charge on any atom is -0.368 e. The Balaban J connectivity index is 1.51. The molecular formula is C21H28FN7O2. The molecule has 10 heteroatoms. The second kappa shape index (κ2) is 9.03. The Hall–Kier alpha value is -2.98. The molecule has 2 fully saturated rings. The molecule has 0 amide bonds. The molecular weight excluding hydrogens is 401 g/mol. The normalized spacial score (nSPS) is 22.4. The summed E-state index contributed by atoms with van der Waals surface area (Å²) >= 11 is 0. The number of alkyl halides is 1. The van der Waals surface area contributed by atoms with Crippen LogP contribution in [0.3, 0.4) is 0 Å². The molecule has 2 atom stereocenters. The Kier molecular flexibility index (Phi) is 6.19. The fourth-order valence-electron chi connectivity index (χ4n) is 4.04. The topological polar surface area (TPSA) is 127 Å². The van der Waals surface area contributed by atoms with Crippen LogP contribution in [-0.4, -0.2) is 54.3 Å². The number of nitro groups is 1. The quantitative estimate of drug-likeness (QED) is 0.489. The molecule has 3 heterocycles. The van der Waals surface area contributed by atoms with Gasteiger partial charge in [-0.15, -0.1) is 0 Å². The fourth-order valence-corrected chi connectivity index (χ4v) is 4.04. The van der Waals surface area contributed by atoms with Gasteiger partial charge in [-0.3, -0.25) is 10.1 Å². The van der Waals surface area contributed by atoms with Crippen LogP contribution in [0.15, 0.2) is 36.4 Å². The van der Waals surface area contributed by atoms with E-state index in [1.54, 1.807) is 6.07 Å². The Morgan fingerprint density at radius 2 is 1.71 bits per heavy atom. The van der Waals surface area contributed by atoms with Crippen LogP contribution in [0.25, 0.3) is 0 Å². The molecule has 1 aromatic carbocycles. The van der Waals surface area contributed by atoms with E-state index < -0.39 is 17.1 Å². The standard InChI is InChI=1S/C21H28FN7O2/c22-17-13-28(12-9-18(17)24)16-3-1-15(2-4-16)25-21-19(29(30)31)5-6-20(26-21)27-10-7-14(23)8-11-27/h1-6,14,17-18H,7-13,23-24H2,(H,25,26). The van der Waals surface area contributed by atoms with Gasteiger partial charge >= 0.3 is 5.69 Å². The van der Waals surface area contributed by atoms with Crippen molar-refractivity contribution >= 4 is 28.7 Å². The molecule has 1 aromatic heterocycles. The third kappa shape index (κ3) is 4.86. The number of hydrogen-bond donors (Lipinski definition) is 3. The Morgan fingerprint density at radius 1 is 1.03 bits per heavy atom. The van der Waals surface area contributed by atoms with Crippen molar-refractivity contribution in [3.8, 4) is 0 Å². The summed E-state index contributed by atoms with van der Waals surface area (Å²) in [4.78, 5) is 19.6. The number of hydrogen-bond acceptors (Lipinski definition) is 8. The average molecular weight is 430 g/mol. The zero-order valence-electron chi connectivity index (χ0n) is 17.3. The van der Waals surface area contributed by atoms with E-state index >= 15 is 0 Å². The lowest BCUT2D eigenvalue weighted by molar-refractivity contribution is -0.384. The molecule has 5 N–H and O–H groups in total. The van der Waals surface area contributed by atoms with Crippen LogP contribution >= 0.6 is 0 Å². The zero-order chi connectivity index (χ0) is 22.0. The molecule has 2 aromatic rings. The van der Waals surface area contributed by atoms with Crippen LogP contribution in [0, 0.1) is 10.1 Å². The maximum atomic E-state index is 14.0. The summed E-state index contributed by atoms with van der Waals surface area (Å²) in [5, 5.41) is 14.6. The first-order chi connectivity index (χ1) is 14.9. The summed E-state index contributed by atoms with van der Waals surface area (Å²) in [6, 6.07) is 10.3. The van der Waals surface area contributed by atoms with Crippen molar-refractivity contribution in [2.45, 2.75) is 37.5 Å². The molecule has 0 saturated carbocycles. The fraction of sp³-hybridized carbons (Fsp3) is 0.476. The molecule has 0 radical (unpaired) electrons. The Morgan fingerprint density at radius 3 is 2.35 bits per heavy atom. The summed E-state index contributed by atoms with van der Waals surface area (Å²) in [5.74, 6) is 0.883. The van der Waals surface area contributed by atoms with E-state index in [4.69, 9.17) is 11.5 Å². The van der Waals surface area contributed by atoms with Gasteiger partial charge < -0.3 is 26.6 Å². The first kappa shape index (κ1) is 21.3. The van der Waals surface area contributed by atoms with Crippen LogP contribution in [0.2, 0.25) is 0 Å². The Labute approximate surface area is 180 Å². The number of aromatic nitrogens is 1. The smallest absolute Gasteiger partial charge is 0.311 e. The molecule has 4 rings (SSSR count). The number of anilines is 4. The van der Waals surface area contributed by atoms with Crippen molar-refractivity contribution < 1.29 is 9.31 Å². The summed E-state index contributed by atoms with van der Waals surface area (Å²) in [6.07, 6.45) is 1.28. The highest BCUT2D eigenvalue weighted by Crippen LogP contribution is 2.30. The van der Waals surface area contributed by atoms with Gasteiger partial charge in [-0.05, 0) is 49.6 Å². The highest BCUT2D eigenvalue weighted by atomic mass is 19.1. The lowest BCUT2D eigenvalue weighted by atomic mass is 10.0. The average Bonchev–Trinajstić information content (AvgIpc) is 2.76. The van der Waals surface area contributed by atoms with Crippen molar-refractivity contribution in [3.05, 3.63) is 46.5 Å². The number of pyridine rings is 1. The predicted molar refractivity (Wildman–Crippen MR) is 120 cm³/mol. The first-order valence-corrected chi connectivity index (χ1v) is 10.6. The van der Waals surface area contributed by atoms with Crippen molar-refractivity contribution in [1.29, 1.82) is 0 Å². The maximum absolute atomic E-state index is 14.0. The molecule has 2 unspecified atom stereocenters. The van der Waals surface area contributed by atoms with Gasteiger partial charge in [0.1, 0.15) is 12.0 Å². The van der Waals surface area contributed by atoms with Crippen molar-refractivity contribution in [2.24, 2.45) is 11.5 Å². The van der Waals surface area contributed by atoms with Crippen LogP contribution in [0.5, 0.6) is 0 Å². The van der Waals surface area contributed by atoms with Gasteiger partial charge in [0.2, 0.25) is 5.82 Å². The van der Waals surface area contributed by atoms with Crippen LogP contribution in [0.1, 0.15) is 19.3 Å². The number of nitrogens with two attached hydrogens (primary N) is 2. The molecule has 9 nitrogen and oxygen atoms in total. The minimum absolute atomic E-state index is 0.0909. The molecule has 0 bridgehead atoms. The lowest BCUT2D eigenvalue weighted by Crippen LogP contribution is -2.48. The van der Waals surface area contributed by atoms with Crippen molar-refractivity contribution in [2.75, 3.05) is 41.3 Å². The van der Waals surface area contributed by atoms with Gasteiger partial charge in [0.15, 0.2) is 0 Å². The van der Waals surface area contributed by atoms with E-state index in [0.717, 1.165) is 31.6 Å². The van der Waals surface area contributed by atoms with E-state index in [0.29, 0.717) is 24.5 Å². The molecule has 0 aliphatic carbocycles. The summed E-state index contributed by atoms with van der Waals surface area (Å²) in [7, 11) is 0. The number of piperidine rings is 2. The first-order valence-electron chi connectivity index (χ1n) is 10.6. The van der Waals surface area contributed by atoms with Gasteiger partial charge in [0.25, 0.3) is 0 Å². The third-order valence-corrected chi connectivity index (χ3v) is 6.01. The number of rotatable bonds is 5. The molecule has 166 valence electrons. The summed E-state index contributed by atoms with van der Waals surface area (Å²) in [6.45, 7) is 2.51. The molecule has 0 spiro atoms. The summed E-state index contributed by atoms with van der Waals surface area (Å²) < 4.78 is 14.0. The molecule has 31 heavy (non-hydrogen) atoms. The van der Waals surface area contributed by atoms with Crippen LogP contribution in [-0.2, 0) is 0 Å². The second-order valence-corrected chi connectivity index (χ2v) is 8.21. The van der Waals surface area contributed by atoms with E-state index in [9.17, 15) is 14.5 Å². The molecule has 2 aliphatic heterocycles. The van der Waals surface area contributed by atoms with Gasteiger partial charge in [0.05, 0.1) is 11.5 Å². The minimum atomic E-state index is -1.05. The largest absolute Gasteiger partial charge is 0.368 e. The van der Waals surface area contributed by atoms with Crippen molar-refractivity contribution in [3.63, 3.8) is 0 Å². The highest BCUT2D eigenvalue weighted by molar-refractivity contribution is 5.69. The third-order valence-electron chi connectivity index (χ3n) is 6.01. The van der Waals surface area contributed by atoms with Crippen LogP contribution < -0.4 is 26.6 Å². The monoisotopic (exact) mass is 429 g/mol. The van der Waals surface area contributed by atoms with E-state index in [1.807, 2.05) is 29.2 Å². The second-order valence-electron chi connectivity index (χ2n) is 8.21. The van der Waals surface area contributed by atoms with Crippen LogP contribution in [0.4, 0.5) is 33.1 Å².